The van der Waals surface area contributed by atoms with Gasteiger partial charge in [0.15, 0.2) is 5.78 Å². The van der Waals surface area contributed by atoms with Gasteiger partial charge in [0, 0.05) is 81.3 Å². The molecule has 1 unspecified atom stereocenters. The third kappa shape index (κ3) is 6.48. The van der Waals surface area contributed by atoms with E-state index in [9.17, 15) is 14.0 Å². The Kier molecular flexibility index (Phi) is 8.21. The molecule has 2 saturated heterocycles. The summed E-state index contributed by atoms with van der Waals surface area (Å²) in [6, 6.07) is 11.7. The fourth-order valence-electron chi connectivity index (χ4n) is 4.60. The van der Waals surface area contributed by atoms with Gasteiger partial charge in [-0.25, -0.2) is 4.39 Å². The van der Waals surface area contributed by atoms with Gasteiger partial charge in [-0.3, -0.25) is 14.5 Å². The number of hydrogen-bond acceptors (Lipinski definition) is 5. The molecule has 6 nitrogen and oxygen atoms in total. The standard InChI is InChI=1S/C27H32ClFN4O2/c1-20-18-31(19-21-3-6-23(29)7-4-21)13-16-32(20)10-9-26(34)24-8-5-22(28)17-25(24)27(35)33-14-11-30(2)12-15-33/h3-10,17,20H,11-16,18-19H2,1-2H3. The zero-order chi connectivity index (χ0) is 24.9. The number of carbonyl (C=O) groups excluding carboxylic acids is 2. The maximum atomic E-state index is 13.2. The van der Waals surface area contributed by atoms with Crippen LogP contribution in [0.25, 0.3) is 0 Å². The summed E-state index contributed by atoms with van der Waals surface area (Å²) in [5, 5.41) is 0.439. The predicted octanol–water partition coefficient (Wildman–Crippen LogP) is 3.77. The quantitative estimate of drug-likeness (QED) is 0.448. The summed E-state index contributed by atoms with van der Waals surface area (Å²) in [5.74, 6) is -0.587. The number of halogens is 2. The normalized spacial score (nSPS) is 19.9. The lowest BCUT2D eigenvalue weighted by Gasteiger charge is -2.39. The second kappa shape index (κ2) is 11.3. The Morgan fingerprint density at radius 1 is 1.00 bits per heavy atom. The SMILES string of the molecule is CC1CN(Cc2ccc(F)cc2)CCN1C=CC(=O)c1ccc(Cl)cc1C(=O)N1CCN(C)CC1. The highest BCUT2D eigenvalue weighted by Gasteiger charge is 2.25. The molecule has 2 aliphatic heterocycles. The molecule has 0 aromatic heterocycles. The number of likely N-dealkylation sites (N-methyl/N-ethyl adjacent to an activating group) is 1. The van der Waals surface area contributed by atoms with E-state index in [-0.39, 0.29) is 23.5 Å². The minimum atomic E-state index is -0.226. The number of amides is 1. The number of rotatable bonds is 6. The first-order valence-electron chi connectivity index (χ1n) is 12.0. The molecule has 0 aliphatic carbocycles. The fourth-order valence-corrected chi connectivity index (χ4v) is 4.77. The zero-order valence-corrected chi connectivity index (χ0v) is 21.0. The van der Waals surface area contributed by atoms with Crippen molar-refractivity contribution >= 4 is 23.3 Å². The van der Waals surface area contributed by atoms with Crippen molar-refractivity contribution in [3.8, 4) is 0 Å². The van der Waals surface area contributed by atoms with E-state index in [4.69, 9.17) is 11.6 Å². The van der Waals surface area contributed by atoms with Crippen LogP contribution in [0.5, 0.6) is 0 Å². The lowest BCUT2D eigenvalue weighted by Crippen LogP contribution is -2.49. The molecular formula is C27H32ClFN4O2. The zero-order valence-electron chi connectivity index (χ0n) is 20.3. The maximum Gasteiger partial charge on any atom is 0.254 e. The molecule has 0 saturated carbocycles. The molecular weight excluding hydrogens is 467 g/mol. The Morgan fingerprint density at radius 2 is 1.71 bits per heavy atom. The van der Waals surface area contributed by atoms with Crippen molar-refractivity contribution in [1.29, 1.82) is 0 Å². The lowest BCUT2D eigenvalue weighted by atomic mass is 10.0. The van der Waals surface area contributed by atoms with Crippen molar-refractivity contribution in [1.82, 2.24) is 19.6 Å². The minimum absolute atomic E-state index is 0.153. The minimum Gasteiger partial charge on any atom is -0.372 e. The average Bonchev–Trinajstić information content (AvgIpc) is 2.85. The molecule has 2 aromatic carbocycles. The Labute approximate surface area is 211 Å². The number of ketones is 1. The molecule has 2 fully saturated rings. The molecule has 35 heavy (non-hydrogen) atoms. The van der Waals surface area contributed by atoms with Gasteiger partial charge in [-0.15, -0.1) is 0 Å². The summed E-state index contributed by atoms with van der Waals surface area (Å²) in [4.78, 5) is 34.7. The number of carbonyl (C=O) groups is 2. The van der Waals surface area contributed by atoms with Crippen LogP contribution < -0.4 is 0 Å². The number of allylic oxidation sites excluding steroid dienone is 1. The van der Waals surface area contributed by atoms with Crippen LogP contribution in [0.2, 0.25) is 5.02 Å². The van der Waals surface area contributed by atoms with Crippen molar-refractivity contribution in [3.05, 3.63) is 82.3 Å². The monoisotopic (exact) mass is 498 g/mol. The second-order valence-electron chi connectivity index (χ2n) is 9.41. The molecule has 2 aromatic rings. The molecule has 0 radical (unpaired) electrons. The Balaban J connectivity index is 1.39. The first-order valence-corrected chi connectivity index (χ1v) is 12.4. The molecule has 8 heteroatoms. The summed E-state index contributed by atoms with van der Waals surface area (Å²) in [7, 11) is 2.03. The second-order valence-corrected chi connectivity index (χ2v) is 9.85. The van der Waals surface area contributed by atoms with Gasteiger partial charge in [0.05, 0.1) is 5.56 Å². The van der Waals surface area contributed by atoms with Crippen molar-refractivity contribution in [3.63, 3.8) is 0 Å². The third-order valence-corrected chi connectivity index (χ3v) is 7.00. The van der Waals surface area contributed by atoms with Crippen LogP contribution in [0.4, 0.5) is 4.39 Å². The largest absolute Gasteiger partial charge is 0.372 e. The first-order chi connectivity index (χ1) is 16.8. The summed E-state index contributed by atoms with van der Waals surface area (Å²) >= 11 is 6.19. The molecule has 2 heterocycles. The molecule has 0 spiro atoms. The highest BCUT2D eigenvalue weighted by molar-refractivity contribution is 6.31. The van der Waals surface area contributed by atoms with E-state index >= 15 is 0 Å². The van der Waals surface area contributed by atoms with E-state index in [0.717, 1.165) is 44.8 Å². The van der Waals surface area contributed by atoms with E-state index in [1.54, 1.807) is 29.2 Å². The summed E-state index contributed by atoms with van der Waals surface area (Å²) in [5.41, 5.74) is 1.81. The number of hydrogen-bond donors (Lipinski definition) is 0. The van der Waals surface area contributed by atoms with Gasteiger partial charge in [-0.05, 0) is 49.9 Å². The summed E-state index contributed by atoms with van der Waals surface area (Å²) in [6.07, 6.45) is 3.39. The predicted molar refractivity (Wildman–Crippen MR) is 136 cm³/mol. The van der Waals surface area contributed by atoms with Crippen LogP contribution in [-0.4, -0.2) is 90.2 Å². The van der Waals surface area contributed by atoms with Gasteiger partial charge in [0.1, 0.15) is 5.82 Å². The molecule has 0 N–H and O–H groups in total. The molecule has 186 valence electrons. The Morgan fingerprint density at radius 3 is 2.40 bits per heavy atom. The highest BCUT2D eigenvalue weighted by atomic mass is 35.5. The topological polar surface area (TPSA) is 47.1 Å². The van der Waals surface area contributed by atoms with Gasteiger partial charge in [-0.1, -0.05) is 23.7 Å². The lowest BCUT2D eigenvalue weighted by molar-refractivity contribution is 0.0661. The van der Waals surface area contributed by atoms with Crippen molar-refractivity contribution in [2.45, 2.75) is 19.5 Å². The fraction of sp³-hybridized carbons (Fsp3) is 0.407. The average molecular weight is 499 g/mol. The number of benzene rings is 2. The van der Waals surface area contributed by atoms with Crippen molar-refractivity contribution < 1.29 is 14.0 Å². The molecule has 1 amide bonds. The van der Waals surface area contributed by atoms with Crippen molar-refractivity contribution in [2.75, 3.05) is 52.9 Å². The van der Waals surface area contributed by atoms with E-state index < -0.39 is 0 Å². The molecule has 1 atom stereocenters. The van der Waals surface area contributed by atoms with Crippen LogP contribution in [0.1, 0.15) is 33.2 Å². The van der Waals surface area contributed by atoms with Crippen molar-refractivity contribution in [2.24, 2.45) is 0 Å². The van der Waals surface area contributed by atoms with Crippen LogP contribution in [-0.2, 0) is 6.54 Å². The Bertz CT molecular complexity index is 1080. The Hall–Kier alpha value is -2.74. The summed E-state index contributed by atoms with van der Waals surface area (Å²) < 4.78 is 13.2. The van der Waals surface area contributed by atoms with Crippen LogP contribution in [0.15, 0.2) is 54.7 Å². The van der Waals surface area contributed by atoms with Crippen LogP contribution >= 0.6 is 11.6 Å². The van der Waals surface area contributed by atoms with Gasteiger partial charge in [0.2, 0.25) is 0 Å². The molecule has 2 aliphatic rings. The molecule has 0 bridgehead atoms. The number of nitrogens with zero attached hydrogens (tertiary/aromatic N) is 4. The molecule has 4 rings (SSSR count). The van der Waals surface area contributed by atoms with E-state index in [1.165, 1.54) is 12.1 Å². The third-order valence-electron chi connectivity index (χ3n) is 6.77. The van der Waals surface area contributed by atoms with E-state index in [0.29, 0.717) is 29.2 Å². The van der Waals surface area contributed by atoms with Gasteiger partial charge in [0.25, 0.3) is 5.91 Å². The first kappa shape index (κ1) is 25.4. The van der Waals surface area contributed by atoms with Gasteiger partial charge < -0.3 is 14.7 Å². The van der Waals surface area contributed by atoms with Gasteiger partial charge >= 0.3 is 0 Å². The van der Waals surface area contributed by atoms with Crippen LogP contribution in [0, 0.1) is 5.82 Å². The van der Waals surface area contributed by atoms with E-state index in [1.807, 2.05) is 25.4 Å². The summed E-state index contributed by atoms with van der Waals surface area (Å²) in [6.45, 7) is 8.22. The van der Waals surface area contributed by atoms with E-state index in [2.05, 4.69) is 21.6 Å². The number of piperazine rings is 2. The van der Waals surface area contributed by atoms with Gasteiger partial charge in [-0.2, -0.15) is 0 Å². The maximum absolute atomic E-state index is 13.2. The highest BCUT2D eigenvalue weighted by Crippen LogP contribution is 2.21. The smallest absolute Gasteiger partial charge is 0.254 e. The van der Waals surface area contributed by atoms with Crippen LogP contribution in [0.3, 0.4) is 0 Å².